The van der Waals surface area contributed by atoms with Crippen molar-refractivity contribution in [1.29, 1.82) is 0 Å². The molecule has 5 rings (SSSR count). The minimum Gasteiger partial charge on any atom is -0.495 e. The molecule has 0 bridgehead atoms. The van der Waals surface area contributed by atoms with E-state index in [0.717, 1.165) is 62.1 Å². The summed E-state index contributed by atoms with van der Waals surface area (Å²) < 4.78 is 25.7. The zero-order valence-corrected chi connectivity index (χ0v) is 18.3. The van der Waals surface area contributed by atoms with Crippen LogP contribution in [0, 0.1) is 5.82 Å². The monoisotopic (exact) mass is 433 g/mol. The van der Waals surface area contributed by atoms with Gasteiger partial charge in [-0.05, 0) is 36.4 Å². The highest BCUT2D eigenvalue weighted by atomic mass is 19.1. The topological polar surface area (TPSA) is 28.2 Å². The first-order valence-corrected chi connectivity index (χ1v) is 11.1. The van der Waals surface area contributed by atoms with Crippen LogP contribution in [0.5, 0.6) is 11.5 Å². The van der Waals surface area contributed by atoms with Gasteiger partial charge in [-0.2, -0.15) is 0 Å². The van der Waals surface area contributed by atoms with Crippen LogP contribution >= 0.6 is 0 Å². The van der Waals surface area contributed by atoms with E-state index in [1.54, 1.807) is 13.2 Å². The molecule has 5 nitrogen and oxygen atoms in total. The van der Waals surface area contributed by atoms with Gasteiger partial charge in [0.15, 0.2) is 0 Å². The number of nitrogens with zero attached hydrogens (tertiary/aromatic N) is 3. The number of benzene rings is 3. The van der Waals surface area contributed by atoms with Gasteiger partial charge in [0.1, 0.15) is 23.4 Å². The Morgan fingerprint density at radius 3 is 2.44 bits per heavy atom. The molecule has 0 saturated carbocycles. The lowest BCUT2D eigenvalue weighted by Crippen LogP contribution is -2.52. The van der Waals surface area contributed by atoms with Crippen LogP contribution in [0.1, 0.15) is 0 Å². The summed E-state index contributed by atoms with van der Waals surface area (Å²) in [4.78, 5) is 7.04. The van der Waals surface area contributed by atoms with Crippen LogP contribution in [-0.4, -0.2) is 57.4 Å². The number of para-hydroxylation sites is 3. The fourth-order valence-electron chi connectivity index (χ4n) is 4.62. The Hall–Kier alpha value is -3.25. The zero-order chi connectivity index (χ0) is 21.9. The van der Waals surface area contributed by atoms with Crippen LogP contribution in [0.4, 0.5) is 21.5 Å². The third-order valence-corrected chi connectivity index (χ3v) is 6.22. The van der Waals surface area contributed by atoms with Gasteiger partial charge in [0, 0.05) is 44.5 Å². The molecule has 2 heterocycles. The maximum Gasteiger partial charge on any atom is 0.146 e. The number of ether oxygens (including phenoxy) is 2. The van der Waals surface area contributed by atoms with Gasteiger partial charge in [-0.15, -0.1) is 0 Å². The largest absolute Gasteiger partial charge is 0.495 e. The van der Waals surface area contributed by atoms with Crippen molar-refractivity contribution in [3.05, 3.63) is 78.6 Å². The summed E-state index contributed by atoms with van der Waals surface area (Å²) >= 11 is 0. The van der Waals surface area contributed by atoms with Crippen molar-refractivity contribution >= 4 is 17.1 Å². The molecule has 0 amide bonds. The smallest absolute Gasteiger partial charge is 0.146 e. The van der Waals surface area contributed by atoms with Crippen LogP contribution in [0.3, 0.4) is 0 Å². The van der Waals surface area contributed by atoms with Gasteiger partial charge in [-0.1, -0.05) is 30.3 Å². The number of rotatable bonds is 5. The summed E-state index contributed by atoms with van der Waals surface area (Å²) in [5, 5.41) is 0. The maximum atomic E-state index is 14.0. The average Bonchev–Trinajstić information content (AvgIpc) is 2.84. The van der Waals surface area contributed by atoms with Gasteiger partial charge < -0.3 is 19.3 Å². The van der Waals surface area contributed by atoms with Crippen molar-refractivity contribution in [2.24, 2.45) is 0 Å². The Morgan fingerprint density at radius 2 is 1.66 bits per heavy atom. The van der Waals surface area contributed by atoms with Crippen molar-refractivity contribution in [3.63, 3.8) is 0 Å². The number of fused-ring (bicyclic) bond motifs is 1. The van der Waals surface area contributed by atoms with E-state index in [4.69, 9.17) is 9.47 Å². The summed E-state index contributed by atoms with van der Waals surface area (Å²) in [7, 11) is 1.72. The van der Waals surface area contributed by atoms with Gasteiger partial charge in [0.05, 0.1) is 25.0 Å². The Morgan fingerprint density at radius 1 is 0.906 bits per heavy atom. The standard InChI is InChI=1S/C26H28FN3O2/c1-31-25-10-6-5-9-23(25)29-15-13-28(14-16-29)18-22-19-30(21-7-3-2-4-8-21)24-12-11-20(27)17-26(24)32-22/h2-12,17,22H,13-16,18-19H2,1H3. The minimum absolute atomic E-state index is 0.0395. The second kappa shape index (κ2) is 9.09. The lowest BCUT2D eigenvalue weighted by Gasteiger charge is -2.41. The van der Waals surface area contributed by atoms with E-state index in [1.807, 2.05) is 30.3 Å². The normalized spacial score (nSPS) is 18.8. The van der Waals surface area contributed by atoms with Crippen LogP contribution < -0.4 is 19.3 Å². The molecule has 32 heavy (non-hydrogen) atoms. The van der Waals surface area contributed by atoms with Crippen LogP contribution in [0.2, 0.25) is 0 Å². The highest BCUT2D eigenvalue weighted by molar-refractivity contribution is 5.70. The molecular weight excluding hydrogens is 405 g/mol. The predicted molar refractivity (Wildman–Crippen MR) is 126 cm³/mol. The van der Waals surface area contributed by atoms with E-state index < -0.39 is 0 Å². The van der Waals surface area contributed by atoms with Crippen LogP contribution in [0.15, 0.2) is 72.8 Å². The maximum absolute atomic E-state index is 14.0. The molecule has 166 valence electrons. The lowest BCUT2D eigenvalue weighted by molar-refractivity contribution is 0.126. The van der Waals surface area contributed by atoms with Gasteiger partial charge in [0.2, 0.25) is 0 Å². The number of hydrogen-bond acceptors (Lipinski definition) is 5. The summed E-state index contributed by atoms with van der Waals surface area (Å²) in [5.41, 5.74) is 3.15. The van der Waals surface area contributed by atoms with E-state index in [-0.39, 0.29) is 11.9 Å². The highest BCUT2D eigenvalue weighted by Crippen LogP contribution is 2.38. The summed E-state index contributed by atoms with van der Waals surface area (Å²) in [6.07, 6.45) is -0.0395. The molecule has 0 spiro atoms. The first kappa shape index (κ1) is 20.6. The van der Waals surface area contributed by atoms with Gasteiger partial charge >= 0.3 is 0 Å². The molecule has 0 N–H and O–H groups in total. The Bertz CT molecular complexity index is 1050. The Balaban J connectivity index is 1.28. The van der Waals surface area contributed by atoms with E-state index in [2.05, 4.69) is 39.0 Å². The van der Waals surface area contributed by atoms with Crippen molar-refractivity contribution in [1.82, 2.24) is 4.90 Å². The average molecular weight is 434 g/mol. The number of anilines is 3. The number of halogens is 1. The van der Waals surface area contributed by atoms with E-state index in [9.17, 15) is 4.39 Å². The summed E-state index contributed by atoms with van der Waals surface area (Å²) in [6.45, 7) is 5.29. The molecule has 6 heteroatoms. The molecule has 1 unspecified atom stereocenters. The predicted octanol–water partition coefficient (Wildman–Crippen LogP) is 4.56. The first-order chi connectivity index (χ1) is 15.7. The van der Waals surface area contributed by atoms with E-state index in [0.29, 0.717) is 5.75 Å². The molecular formula is C26H28FN3O2. The van der Waals surface area contributed by atoms with Gasteiger partial charge in [0.25, 0.3) is 0 Å². The molecule has 3 aromatic carbocycles. The Labute approximate surface area is 188 Å². The van der Waals surface area contributed by atoms with Gasteiger partial charge in [-0.25, -0.2) is 4.39 Å². The third-order valence-electron chi connectivity index (χ3n) is 6.22. The second-order valence-electron chi connectivity index (χ2n) is 8.26. The zero-order valence-electron chi connectivity index (χ0n) is 18.3. The summed E-state index contributed by atoms with van der Waals surface area (Å²) in [6, 6.07) is 23.2. The molecule has 1 atom stereocenters. The lowest BCUT2D eigenvalue weighted by atomic mass is 10.1. The molecule has 0 aliphatic carbocycles. The molecule has 1 saturated heterocycles. The van der Waals surface area contributed by atoms with E-state index >= 15 is 0 Å². The van der Waals surface area contributed by atoms with Crippen molar-refractivity contribution in [2.45, 2.75) is 6.10 Å². The van der Waals surface area contributed by atoms with Crippen molar-refractivity contribution in [3.8, 4) is 11.5 Å². The molecule has 3 aromatic rings. The second-order valence-corrected chi connectivity index (χ2v) is 8.26. The molecule has 0 aromatic heterocycles. The highest BCUT2D eigenvalue weighted by Gasteiger charge is 2.30. The minimum atomic E-state index is -0.275. The van der Waals surface area contributed by atoms with E-state index in [1.165, 1.54) is 12.1 Å². The number of piperazine rings is 1. The van der Waals surface area contributed by atoms with Gasteiger partial charge in [-0.3, -0.25) is 4.90 Å². The molecule has 2 aliphatic heterocycles. The molecule has 1 fully saturated rings. The van der Waals surface area contributed by atoms with Crippen molar-refractivity contribution in [2.75, 3.05) is 56.2 Å². The van der Waals surface area contributed by atoms with Crippen molar-refractivity contribution < 1.29 is 13.9 Å². The molecule has 0 radical (unpaired) electrons. The molecule has 2 aliphatic rings. The van der Waals surface area contributed by atoms with Crippen LogP contribution in [0.25, 0.3) is 0 Å². The SMILES string of the molecule is COc1ccccc1N1CCN(CC2CN(c3ccccc3)c3ccc(F)cc3O2)CC1. The summed E-state index contributed by atoms with van der Waals surface area (Å²) in [5.74, 6) is 1.24. The number of hydrogen-bond donors (Lipinski definition) is 0. The fraction of sp³-hybridized carbons (Fsp3) is 0.308. The van der Waals surface area contributed by atoms with Crippen LogP contribution in [-0.2, 0) is 0 Å². The fourth-order valence-corrected chi connectivity index (χ4v) is 4.62. The quantitative estimate of drug-likeness (QED) is 0.589. The third kappa shape index (κ3) is 4.23. The Kier molecular flexibility index (Phi) is 5.86. The number of methoxy groups -OCH3 is 1. The first-order valence-electron chi connectivity index (χ1n) is 11.1.